The van der Waals surface area contributed by atoms with E-state index < -0.39 is 0 Å². The average Bonchev–Trinajstić information content (AvgIpc) is 2.73. The van der Waals surface area contributed by atoms with E-state index in [1.165, 1.54) is 17.3 Å². The summed E-state index contributed by atoms with van der Waals surface area (Å²) in [6, 6.07) is 5.35. The van der Waals surface area contributed by atoms with Crippen molar-refractivity contribution in [3.05, 3.63) is 46.5 Å². The van der Waals surface area contributed by atoms with Crippen LogP contribution in [0.4, 0.5) is 0 Å². The molecule has 6 heteroatoms. The van der Waals surface area contributed by atoms with E-state index in [4.69, 9.17) is 23.2 Å². The Morgan fingerprint density at radius 1 is 1.20 bits per heavy atom. The fourth-order valence-corrected chi connectivity index (χ4v) is 1.36. The Hall–Kier alpha value is -1.39. The lowest BCUT2D eigenvalue weighted by atomic mass is 10.2. The number of hydrogen-bond donors (Lipinski definition) is 0. The Morgan fingerprint density at radius 3 is 2.67 bits per heavy atom. The molecule has 2 aromatic rings. The molecular weight excluding hydrogens is 235 g/mol. The van der Waals surface area contributed by atoms with Gasteiger partial charge in [0.1, 0.15) is 12.7 Å². The molecule has 0 aliphatic rings. The zero-order valence-corrected chi connectivity index (χ0v) is 9.02. The van der Waals surface area contributed by atoms with E-state index in [0.717, 1.165) is 5.56 Å². The fraction of sp³-hybridized carbons (Fsp3) is 0. The number of nitrogens with zero attached hydrogens (tertiary/aromatic N) is 4. The highest BCUT2D eigenvalue weighted by Crippen LogP contribution is 2.24. The summed E-state index contributed by atoms with van der Waals surface area (Å²) in [4.78, 5) is 0. The molecule has 1 aromatic heterocycles. The molecular formula is C9H6Cl2N4. The van der Waals surface area contributed by atoms with Crippen molar-refractivity contribution in [2.45, 2.75) is 0 Å². The van der Waals surface area contributed by atoms with Gasteiger partial charge in [-0.25, -0.2) is 4.68 Å². The second-order valence-electron chi connectivity index (χ2n) is 2.73. The Morgan fingerprint density at radius 2 is 1.93 bits per heavy atom. The highest BCUT2D eigenvalue weighted by Gasteiger charge is 2.00. The lowest BCUT2D eigenvalue weighted by Gasteiger charge is -1.98. The number of hydrogen-bond acceptors (Lipinski definition) is 3. The number of halogens is 2. The summed E-state index contributed by atoms with van der Waals surface area (Å²) >= 11 is 11.8. The monoisotopic (exact) mass is 240 g/mol. The summed E-state index contributed by atoms with van der Waals surface area (Å²) < 4.78 is 1.47. The Labute approximate surface area is 96.2 Å². The van der Waals surface area contributed by atoms with Gasteiger partial charge < -0.3 is 0 Å². The van der Waals surface area contributed by atoms with Crippen molar-refractivity contribution in [2.24, 2.45) is 5.10 Å². The van der Waals surface area contributed by atoms with Crippen LogP contribution in [0.25, 0.3) is 0 Å². The Kier molecular flexibility index (Phi) is 2.99. The molecule has 4 nitrogen and oxygen atoms in total. The number of rotatable bonds is 2. The lowest BCUT2D eigenvalue weighted by molar-refractivity contribution is 0.878. The van der Waals surface area contributed by atoms with E-state index in [2.05, 4.69) is 15.3 Å². The Balaban J connectivity index is 2.28. The van der Waals surface area contributed by atoms with Crippen molar-refractivity contribution in [1.29, 1.82) is 0 Å². The molecule has 1 heterocycles. The minimum Gasteiger partial charge on any atom is -0.208 e. The maximum atomic E-state index is 5.97. The van der Waals surface area contributed by atoms with Crippen LogP contribution in [0, 0.1) is 0 Å². The Bertz CT molecular complexity index is 479. The van der Waals surface area contributed by atoms with Crippen LogP contribution in [0.5, 0.6) is 0 Å². The SMILES string of the molecule is Clc1cccc(C=Nn2cnnc2)c1Cl. The molecule has 0 N–H and O–H groups in total. The van der Waals surface area contributed by atoms with Crippen molar-refractivity contribution in [3.63, 3.8) is 0 Å². The average molecular weight is 241 g/mol. The molecule has 2 rings (SSSR count). The van der Waals surface area contributed by atoms with E-state index in [9.17, 15) is 0 Å². The summed E-state index contributed by atoms with van der Waals surface area (Å²) in [5.74, 6) is 0. The topological polar surface area (TPSA) is 43.1 Å². The van der Waals surface area contributed by atoms with Crippen LogP contribution in [0.15, 0.2) is 36.0 Å². The van der Waals surface area contributed by atoms with Crippen molar-refractivity contribution >= 4 is 29.4 Å². The standard InChI is InChI=1S/C9H6Cl2N4/c10-8-3-1-2-7(9(8)11)4-14-15-5-12-13-6-15/h1-6H. The smallest absolute Gasteiger partial charge is 0.141 e. The largest absolute Gasteiger partial charge is 0.208 e. The van der Waals surface area contributed by atoms with Gasteiger partial charge in [0.05, 0.1) is 16.3 Å². The molecule has 0 amide bonds. The first-order chi connectivity index (χ1) is 7.27. The van der Waals surface area contributed by atoms with E-state index in [1.54, 1.807) is 12.3 Å². The molecule has 0 saturated carbocycles. The van der Waals surface area contributed by atoms with Gasteiger partial charge in [0.2, 0.25) is 0 Å². The molecule has 76 valence electrons. The minimum absolute atomic E-state index is 0.482. The van der Waals surface area contributed by atoms with Gasteiger partial charge in [0.15, 0.2) is 0 Å². The summed E-state index contributed by atoms with van der Waals surface area (Å²) in [5, 5.41) is 12.3. The third-order valence-corrected chi connectivity index (χ3v) is 2.55. The molecule has 0 aliphatic heterocycles. The lowest BCUT2D eigenvalue weighted by Crippen LogP contribution is -1.88. The first kappa shape index (κ1) is 10.1. The van der Waals surface area contributed by atoms with Gasteiger partial charge in [-0.3, -0.25) is 0 Å². The maximum Gasteiger partial charge on any atom is 0.141 e. The predicted molar refractivity (Wildman–Crippen MR) is 59.5 cm³/mol. The van der Waals surface area contributed by atoms with Crippen LogP contribution >= 0.6 is 23.2 Å². The van der Waals surface area contributed by atoms with Gasteiger partial charge in [0, 0.05) is 5.56 Å². The zero-order chi connectivity index (χ0) is 10.7. The zero-order valence-electron chi connectivity index (χ0n) is 7.51. The summed E-state index contributed by atoms with van der Waals surface area (Å²) in [6.45, 7) is 0. The van der Waals surface area contributed by atoms with E-state index in [1.807, 2.05) is 12.1 Å². The third-order valence-electron chi connectivity index (χ3n) is 1.72. The molecule has 0 bridgehead atoms. The molecule has 0 fully saturated rings. The van der Waals surface area contributed by atoms with Gasteiger partial charge in [-0.1, -0.05) is 35.3 Å². The normalized spacial score (nSPS) is 11.1. The minimum atomic E-state index is 0.482. The molecule has 0 aliphatic carbocycles. The molecule has 0 atom stereocenters. The summed E-state index contributed by atoms with van der Waals surface area (Å²) in [6.07, 6.45) is 4.56. The van der Waals surface area contributed by atoms with Gasteiger partial charge in [-0.15, -0.1) is 10.2 Å². The summed E-state index contributed by atoms with van der Waals surface area (Å²) in [7, 11) is 0. The molecule has 0 saturated heterocycles. The van der Waals surface area contributed by atoms with Crippen molar-refractivity contribution < 1.29 is 0 Å². The highest BCUT2D eigenvalue weighted by atomic mass is 35.5. The van der Waals surface area contributed by atoms with Crippen LogP contribution in [-0.2, 0) is 0 Å². The fourth-order valence-electron chi connectivity index (χ4n) is 1.00. The van der Waals surface area contributed by atoms with Gasteiger partial charge in [-0.2, -0.15) is 5.10 Å². The van der Waals surface area contributed by atoms with E-state index >= 15 is 0 Å². The predicted octanol–water partition coefficient (Wildman–Crippen LogP) is 2.47. The van der Waals surface area contributed by atoms with Crippen LogP contribution in [0.3, 0.4) is 0 Å². The third kappa shape index (κ3) is 2.34. The molecule has 0 radical (unpaired) electrons. The molecule has 0 unspecified atom stereocenters. The van der Waals surface area contributed by atoms with Gasteiger partial charge in [-0.05, 0) is 6.07 Å². The van der Waals surface area contributed by atoms with Crippen LogP contribution in [-0.4, -0.2) is 21.1 Å². The first-order valence-corrected chi connectivity index (χ1v) is 4.86. The van der Waals surface area contributed by atoms with Crippen molar-refractivity contribution in [2.75, 3.05) is 0 Å². The second kappa shape index (κ2) is 4.42. The highest BCUT2D eigenvalue weighted by molar-refractivity contribution is 6.43. The first-order valence-electron chi connectivity index (χ1n) is 4.10. The van der Waals surface area contributed by atoms with Crippen molar-refractivity contribution in [3.8, 4) is 0 Å². The number of benzene rings is 1. The van der Waals surface area contributed by atoms with Crippen LogP contribution in [0.1, 0.15) is 5.56 Å². The van der Waals surface area contributed by atoms with Gasteiger partial charge in [0.25, 0.3) is 0 Å². The maximum absolute atomic E-state index is 5.97. The van der Waals surface area contributed by atoms with Gasteiger partial charge >= 0.3 is 0 Å². The summed E-state index contributed by atoms with van der Waals surface area (Å²) in [5.41, 5.74) is 0.748. The van der Waals surface area contributed by atoms with Crippen LogP contribution in [0.2, 0.25) is 10.0 Å². The second-order valence-corrected chi connectivity index (χ2v) is 3.51. The van der Waals surface area contributed by atoms with Crippen LogP contribution < -0.4 is 0 Å². The van der Waals surface area contributed by atoms with Crippen molar-refractivity contribution in [1.82, 2.24) is 14.9 Å². The van der Waals surface area contributed by atoms with E-state index in [0.29, 0.717) is 10.0 Å². The van der Waals surface area contributed by atoms with E-state index in [-0.39, 0.29) is 0 Å². The molecule has 1 aromatic carbocycles. The number of aromatic nitrogens is 3. The molecule has 0 spiro atoms. The molecule has 15 heavy (non-hydrogen) atoms. The quantitative estimate of drug-likeness (QED) is 0.758.